The average molecular weight is 402 g/mol. The fraction of sp³-hybridized carbons (Fsp3) is 0.435. The van der Waals surface area contributed by atoms with Gasteiger partial charge in [-0.05, 0) is 44.2 Å². The Hall–Kier alpha value is -2.44. The molecule has 2 aromatic rings. The lowest BCUT2D eigenvalue weighted by molar-refractivity contribution is -1.02. The van der Waals surface area contributed by atoms with Crippen molar-refractivity contribution < 1.29 is 23.7 Å². The third kappa shape index (κ3) is 5.14. The Morgan fingerprint density at radius 3 is 2.45 bits per heavy atom. The minimum absolute atomic E-state index is 0.0830. The molecule has 1 aliphatic heterocycles. The zero-order valence-electron chi connectivity index (χ0n) is 17.6. The van der Waals surface area contributed by atoms with E-state index in [1.165, 1.54) is 15.9 Å². The Morgan fingerprint density at radius 1 is 1.14 bits per heavy atom. The molecule has 156 valence electrons. The molecule has 1 amide bonds. The topological polar surface area (TPSA) is 38.4 Å². The zero-order chi connectivity index (χ0) is 20.8. The molecule has 29 heavy (non-hydrogen) atoms. The average Bonchev–Trinajstić information content (AvgIpc) is 2.75. The van der Waals surface area contributed by atoms with Crippen molar-refractivity contribution in [1.82, 2.24) is 0 Å². The third-order valence-corrected chi connectivity index (χ3v) is 5.92. The van der Waals surface area contributed by atoms with Gasteiger partial charge in [-0.1, -0.05) is 18.2 Å². The fourth-order valence-corrected chi connectivity index (χ4v) is 4.17. The summed E-state index contributed by atoms with van der Waals surface area (Å²) in [5.41, 5.74) is 1.85. The minimum Gasteiger partial charge on any atom is -0.496 e. The maximum Gasteiger partial charge on any atom is 0.284 e. The summed E-state index contributed by atoms with van der Waals surface area (Å²) in [6, 6.07) is 14.5. The smallest absolute Gasteiger partial charge is 0.284 e. The lowest BCUT2D eigenvalue weighted by Crippen LogP contribution is -3.29. The highest BCUT2D eigenvalue weighted by molar-refractivity contribution is 5.96. The molecule has 5 nitrogen and oxygen atoms in total. The van der Waals surface area contributed by atoms with Gasteiger partial charge in [0.1, 0.15) is 44.3 Å². The number of piperazine rings is 1. The summed E-state index contributed by atoms with van der Waals surface area (Å²) < 4.78 is 19.0. The van der Waals surface area contributed by atoms with Gasteiger partial charge in [0.2, 0.25) is 0 Å². The highest BCUT2D eigenvalue weighted by Gasteiger charge is 2.33. The first-order valence-corrected chi connectivity index (χ1v) is 10.4. The Kier molecular flexibility index (Phi) is 7.23. The summed E-state index contributed by atoms with van der Waals surface area (Å²) in [4.78, 5) is 17.7. The molecule has 1 heterocycles. The molecule has 0 unspecified atom stereocenters. The molecule has 0 aliphatic carbocycles. The van der Waals surface area contributed by atoms with Gasteiger partial charge in [0.25, 0.3) is 5.91 Å². The van der Waals surface area contributed by atoms with E-state index < -0.39 is 0 Å². The molecular weight excluding hydrogens is 369 g/mol. The quantitative estimate of drug-likeness (QED) is 0.712. The molecule has 0 spiro atoms. The SMILES string of the molecule is CCN(C(=O)[C@H](C)[NH+]1CC[NH+](Cc2cc(F)ccc2OC)CC1)c1ccccc1. The van der Waals surface area contributed by atoms with E-state index in [1.807, 2.05) is 49.1 Å². The van der Waals surface area contributed by atoms with Gasteiger partial charge in [-0.15, -0.1) is 0 Å². The number of nitrogens with zero attached hydrogens (tertiary/aromatic N) is 1. The van der Waals surface area contributed by atoms with Crippen LogP contribution < -0.4 is 19.4 Å². The molecular formula is C23H32FN3O2+2. The summed E-state index contributed by atoms with van der Waals surface area (Å²) in [7, 11) is 1.62. The highest BCUT2D eigenvalue weighted by Crippen LogP contribution is 2.18. The predicted octanol–water partition coefficient (Wildman–Crippen LogP) is 0.559. The van der Waals surface area contributed by atoms with Gasteiger partial charge in [-0.2, -0.15) is 0 Å². The molecule has 6 heteroatoms. The van der Waals surface area contributed by atoms with Crippen molar-refractivity contribution in [2.75, 3.05) is 44.7 Å². The number of anilines is 1. The van der Waals surface area contributed by atoms with Crippen LogP contribution in [0.1, 0.15) is 19.4 Å². The van der Waals surface area contributed by atoms with Crippen LogP contribution in [-0.4, -0.2) is 51.8 Å². The maximum atomic E-state index is 13.6. The highest BCUT2D eigenvalue weighted by atomic mass is 19.1. The lowest BCUT2D eigenvalue weighted by atomic mass is 10.1. The number of benzene rings is 2. The standard InChI is InChI=1S/C23H30FN3O2/c1-4-27(21-8-6-5-7-9-21)23(28)18(2)26-14-12-25(13-15-26)17-19-16-20(24)10-11-22(19)29-3/h5-11,16,18H,4,12-15,17H2,1-3H3/p+2/t18-/m0/s1. The molecule has 2 N–H and O–H groups in total. The van der Waals surface area contributed by atoms with Crippen LogP contribution in [0.2, 0.25) is 0 Å². The summed E-state index contributed by atoms with van der Waals surface area (Å²) >= 11 is 0. The van der Waals surface area contributed by atoms with E-state index in [1.54, 1.807) is 19.2 Å². The summed E-state index contributed by atoms with van der Waals surface area (Å²) in [6.45, 7) is 9.19. The van der Waals surface area contributed by atoms with Gasteiger partial charge < -0.3 is 19.4 Å². The van der Waals surface area contributed by atoms with Gasteiger partial charge in [0.15, 0.2) is 6.04 Å². The second-order valence-electron chi connectivity index (χ2n) is 7.68. The molecule has 0 bridgehead atoms. The maximum absolute atomic E-state index is 13.6. The number of nitrogens with one attached hydrogen (secondary N) is 2. The van der Waals surface area contributed by atoms with Crippen LogP contribution in [0.3, 0.4) is 0 Å². The van der Waals surface area contributed by atoms with Gasteiger partial charge in [0, 0.05) is 12.2 Å². The normalized spacial score (nSPS) is 20.1. The molecule has 1 atom stereocenters. The van der Waals surface area contributed by atoms with Gasteiger partial charge >= 0.3 is 0 Å². The van der Waals surface area contributed by atoms with Gasteiger partial charge in [0.05, 0.1) is 12.7 Å². The van der Waals surface area contributed by atoms with E-state index in [0.717, 1.165) is 49.7 Å². The number of rotatable bonds is 7. The number of methoxy groups -OCH3 is 1. The van der Waals surface area contributed by atoms with Crippen molar-refractivity contribution >= 4 is 11.6 Å². The number of ether oxygens (including phenoxy) is 1. The molecule has 1 aliphatic rings. The molecule has 0 radical (unpaired) electrons. The number of carbonyl (C=O) groups excluding carboxylic acids is 1. The summed E-state index contributed by atoms with van der Waals surface area (Å²) in [5.74, 6) is 0.673. The van der Waals surface area contributed by atoms with E-state index in [0.29, 0.717) is 6.54 Å². The van der Waals surface area contributed by atoms with Crippen LogP contribution in [-0.2, 0) is 11.3 Å². The number of halogens is 1. The Balaban J connectivity index is 1.58. The molecule has 2 aromatic carbocycles. The Morgan fingerprint density at radius 2 is 1.83 bits per heavy atom. The summed E-state index contributed by atoms with van der Waals surface area (Å²) in [5, 5.41) is 0. The zero-order valence-corrected chi connectivity index (χ0v) is 17.6. The Labute approximate surface area is 172 Å². The van der Waals surface area contributed by atoms with E-state index >= 15 is 0 Å². The van der Waals surface area contributed by atoms with Crippen molar-refractivity contribution in [2.24, 2.45) is 0 Å². The molecule has 0 saturated carbocycles. The molecule has 1 saturated heterocycles. The van der Waals surface area contributed by atoms with Crippen LogP contribution >= 0.6 is 0 Å². The van der Waals surface area contributed by atoms with E-state index in [2.05, 4.69) is 0 Å². The van der Waals surface area contributed by atoms with Crippen LogP contribution in [0.4, 0.5) is 10.1 Å². The van der Waals surface area contributed by atoms with E-state index in [9.17, 15) is 9.18 Å². The first-order chi connectivity index (χ1) is 14.0. The number of carbonyl (C=O) groups is 1. The van der Waals surface area contributed by atoms with Crippen LogP contribution in [0, 0.1) is 5.82 Å². The monoisotopic (exact) mass is 401 g/mol. The molecule has 0 aromatic heterocycles. The van der Waals surface area contributed by atoms with E-state index in [4.69, 9.17) is 4.74 Å². The van der Waals surface area contributed by atoms with Crippen molar-refractivity contribution in [3.05, 3.63) is 59.9 Å². The molecule has 3 rings (SSSR count). The number of para-hydroxylation sites is 1. The lowest BCUT2D eigenvalue weighted by Gasteiger charge is -2.34. The van der Waals surface area contributed by atoms with Crippen LogP contribution in [0.5, 0.6) is 5.75 Å². The van der Waals surface area contributed by atoms with Crippen molar-refractivity contribution in [1.29, 1.82) is 0 Å². The number of likely N-dealkylation sites (N-methyl/N-ethyl adjacent to an activating group) is 1. The van der Waals surface area contributed by atoms with Crippen molar-refractivity contribution in [3.63, 3.8) is 0 Å². The second kappa shape index (κ2) is 9.85. The van der Waals surface area contributed by atoms with Crippen molar-refractivity contribution in [2.45, 2.75) is 26.4 Å². The van der Waals surface area contributed by atoms with Gasteiger partial charge in [-0.25, -0.2) is 4.39 Å². The van der Waals surface area contributed by atoms with Gasteiger partial charge in [-0.3, -0.25) is 4.79 Å². The number of quaternary nitrogens is 2. The third-order valence-electron chi connectivity index (χ3n) is 5.92. The number of hydrogen-bond donors (Lipinski definition) is 2. The minimum atomic E-state index is -0.232. The fourth-order valence-electron chi connectivity index (χ4n) is 4.17. The molecule has 1 fully saturated rings. The predicted molar refractivity (Wildman–Crippen MR) is 112 cm³/mol. The second-order valence-corrected chi connectivity index (χ2v) is 7.68. The largest absolute Gasteiger partial charge is 0.496 e. The first-order valence-electron chi connectivity index (χ1n) is 10.4. The Bertz CT molecular complexity index is 807. The van der Waals surface area contributed by atoms with Crippen molar-refractivity contribution in [3.8, 4) is 5.75 Å². The van der Waals surface area contributed by atoms with Crippen LogP contribution in [0.15, 0.2) is 48.5 Å². The van der Waals surface area contributed by atoms with E-state index in [-0.39, 0.29) is 17.8 Å². The number of amides is 1. The summed E-state index contributed by atoms with van der Waals surface area (Å²) in [6.07, 6.45) is 0. The van der Waals surface area contributed by atoms with Crippen LogP contribution in [0.25, 0.3) is 0 Å². The number of hydrogen-bond acceptors (Lipinski definition) is 2. The first kappa shape index (κ1) is 21.3.